The maximum Gasteiger partial charge on any atom is 0.470 e. The van der Waals surface area contributed by atoms with Crippen LogP contribution in [0.1, 0.15) is 91.0 Å². The van der Waals surface area contributed by atoms with Gasteiger partial charge in [0.25, 0.3) is 0 Å². The van der Waals surface area contributed by atoms with Crippen LogP contribution in [-0.4, -0.2) is 120 Å². The average molecular weight is 829 g/mol. The SMILES string of the molecule is CCCCCCCC[S+]([O-])C(C)Cc1ccc2c(c1)OCO2.CCC[C@@H]1C[C@@H](C(=O)N[C@@H]([C@H]2O[C@H](SC)[C@H](OP(=O)(O)O)[C@@H](O)[C@H]2O)[C@H](C)Cl)N(C)C1. The minimum absolute atomic E-state index is 0.191. The van der Waals surface area contributed by atoms with Gasteiger partial charge in [-0.3, -0.25) is 14.2 Å². The van der Waals surface area contributed by atoms with Crippen LogP contribution in [0.4, 0.5) is 0 Å². The molecule has 1 aromatic carbocycles. The summed E-state index contributed by atoms with van der Waals surface area (Å²) in [5, 5.41) is 23.6. The van der Waals surface area contributed by atoms with Crippen LogP contribution in [-0.2, 0) is 36.2 Å². The molecular weight excluding hydrogens is 767 g/mol. The predicted molar refractivity (Wildman–Crippen MR) is 210 cm³/mol. The van der Waals surface area contributed by atoms with Crippen LogP contribution >= 0.6 is 31.2 Å². The van der Waals surface area contributed by atoms with E-state index in [1.165, 1.54) is 37.7 Å². The van der Waals surface area contributed by atoms with Crippen molar-refractivity contribution in [2.75, 3.05) is 32.4 Å². The van der Waals surface area contributed by atoms with Crippen molar-refractivity contribution < 1.29 is 52.6 Å². The molecule has 0 saturated carbocycles. The number of amides is 1. The second kappa shape index (κ2) is 22.8. The van der Waals surface area contributed by atoms with Crippen molar-refractivity contribution in [1.82, 2.24) is 10.2 Å². The number of ether oxygens (including phenoxy) is 3. The molecule has 0 radical (unpaired) electrons. The van der Waals surface area contributed by atoms with Gasteiger partial charge in [0, 0.05) is 13.0 Å². The van der Waals surface area contributed by atoms with Crippen LogP contribution in [0, 0.1) is 5.92 Å². The number of carbonyl (C=O) groups excluding carboxylic acids is 1. The number of unbranched alkanes of at least 4 members (excludes halogenated alkanes) is 5. The molecule has 2 saturated heterocycles. The van der Waals surface area contributed by atoms with Crippen molar-refractivity contribution in [3.63, 3.8) is 0 Å². The van der Waals surface area contributed by atoms with Crippen molar-refractivity contribution in [3.05, 3.63) is 23.8 Å². The molecule has 1 amide bonds. The van der Waals surface area contributed by atoms with Crippen LogP contribution in [0.2, 0.25) is 0 Å². The first kappa shape index (κ1) is 46.6. The first-order valence-corrected chi connectivity index (χ1v) is 23.4. The van der Waals surface area contributed by atoms with Gasteiger partial charge in [0.15, 0.2) is 11.5 Å². The van der Waals surface area contributed by atoms with Crippen molar-refractivity contribution in [3.8, 4) is 11.5 Å². The van der Waals surface area contributed by atoms with Gasteiger partial charge in [-0.05, 0) is 76.4 Å². The van der Waals surface area contributed by atoms with Crippen molar-refractivity contribution >= 4 is 48.3 Å². The third-order valence-corrected chi connectivity index (χ3v) is 13.4. The summed E-state index contributed by atoms with van der Waals surface area (Å²) in [6.07, 6.45) is 6.95. The molecule has 0 spiro atoms. The molecule has 2 fully saturated rings. The summed E-state index contributed by atoms with van der Waals surface area (Å²) >= 11 is 6.64. The summed E-state index contributed by atoms with van der Waals surface area (Å²) < 4.78 is 44.8. The number of phosphoric ester groups is 1. The number of rotatable bonds is 19. The maximum atomic E-state index is 13.0. The second-order valence-electron chi connectivity index (χ2n) is 14.4. The van der Waals surface area contributed by atoms with E-state index in [0.29, 0.717) is 12.7 Å². The number of fused-ring (bicyclic) bond motifs is 1. The van der Waals surface area contributed by atoms with E-state index >= 15 is 0 Å². The molecule has 5 N–H and O–H groups in total. The number of hydrogen-bond donors (Lipinski definition) is 5. The number of nitrogens with zero attached hydrogens (tertiary/aromatic N) is 1. The van der Waals surface area contributed by atoms with E-state index in [2.05, 4.69) is 30.6 Å². The number of likely N-dealkylation sites (N-methyl/N-ethyl adjacent to an activating group) is 1. The fourth-order valence-electron chi connectivity index (χ4n) is 7.09. The zero-order chi connectivity index (χ0) is 39.3. The molecule has 1 aromatic rings. The number of likely N-dealkylation sites (tertiary alicyclic amines) is 1. The monoisotopic (exact) mass is 828 g/mol. The lowest BCUT2D eigenvalue weighted by atomic mass is 9.92. The van der Waals surface area contributed by atoms with Gasteiger partial charge in [-0.15, -0.1) is 23.4 Å². The van der Waals surface area contributed by atoms with Crippen molar-refractivity contribution in [2.45, 2.75) is 144 Å². The Kier molecular flexibility index (Phi) is 20.0. The Balaban J connectivity index is 0.000000302. The number of aliphatic hydroxyl groups is 2. The minimum atomic E-state index is -4.93. The van der Waals surface area contributed by atoms with Crippen LogP contribution in [0.5, 0.6) is 11.5 Å². The van der Waals surface area contributed by atoms with Gasteiger partial charge in [-0.1, -0.05) is 63.2 Å². The smallest absolute Gasteiger partial charge is 0.470 e. The highest BCUT2D eigenvalue weighted by Crippen LogP contribution is 2.43. The molecule has 3 heterocycles. The zero-order valence-electron chi connectivity index (χ0n) is 31.9. The van der Waals surface area contributed by atoms with Gasteiger partial charge in [-0.2, -0.15) is 0 Å². The third-order valence-electron chi connectivity index (χ3n) is 9.97. The summed E-state index contributed by atoms with van der Waals surface area (Å²) in [6, 6.07) is 4.83. The summed E-state index contributed by atoms with van der Waals surface area (Å²) in [5.41, 5.74) is 0.182. The lowest BCUT2D eigenvalue weighted by molar-refractivity contribution is -0.201. The highest BCUT2D eigenvalue weighted by atomic mass is 35.5. The normalized spacial score (nSPS) is 28.1. The van der Waals surface area contributed by atoms with Crippen LogP contribution in [0.25, 0.3) is 0 Å². The number of halogens is 1. The molecule has 13 nitrogen and oxygen atoms in total. The van der Waals surface area contributed by atoms with Gasteiger partial charge in [0.1, 0.15) is 40.9 Å². The molecule has 0 aromatic heterocycles. The molecule has 2 unspecified atom stereocenters. The first-order chi connectivity index (χ1) is 25.1. The molecule has 11 atom stereocenters. The highest BCUT2D eigenvalue weighted by molar-refractivity contribution is 7.99. The Hall–Kier alpha value is -0.810. The molecule has 306 valence electrons. The summed E-state index contributed by atoms with van der Waals surface area (Å²) in [4.78, 5) is 33.3. The van der Waals surface area contributed by atoms with E-state index in [4.69, 9.17) is 35.6 Å². The second-order valence-corrected chi connectivity index (χ2v) is 19.2. The van der Waals surface area contributed by atoms with E-state index in [9.17, 15) is 24.1 Å². The minimum Gasteiger partial charge on any atom is -0.616 e. The molecular formula is C36H62ClN2O11PS2. The molecule has 3 aliphatic rings. The van der Waals surface area contributed by atoms with Gasteiger partial charge in [0.2, 0.25) is 12.7 Å². The summed E-state index contributed by atoms with van der Waals surface area (Å²) in [7, 11) is -3.04. The lowest BCUT2D eigenvalue weighted by Gasteiger charge is -2.45. The topological polar surface area (TPSA) is 190 Å². The number of benzene rings is 1. The molecule has 0 bridgehead atoms. The lowest BCUT2D eigenvalue weighted by Crippen LogP contribution is -2.65. The van der Waals surface area contributed by atoms with Gasteiger partial charge in [-0.25, -0.2) is 4.57 Å². The van der Waals surface area contributed by atoms with Crippen molar-refractivity contribution in [2.24, 2.45) is 5.92 Å². The fraction of sp³-hybridized carbons (Fsp3) is 0.806. The van der Waals surface area contributed by atoms with Crippen molar-refractivity contribution in [1.29, 1.82) is 0 Å². The number of carbonyl (C=O) groups is 1. The zero-order valence-corrected chi connectivity index (χ0v) is 35.2. The Morgan fingerprint density at radius 2 is 1.79 bits per heavy atom. The number of alkyl halides is 1. The summed E-state index contributed by atoms with van der Waals surface area (Å²) in [5.74, 6) is 2.65. The van der Waals surface area contributed by atoms with Gasteiger partial charge in [0.05, 0.1) is 17.5 Å². The summed E-state index contributed by atoms with van der Waals surface area (Å²) in [6.45, 7) is 9.18. The Bertz CT molecular complexity index is 1300. The number of phosphoric acid groups is 1. The number of nitrogens with one attached hydrogen (secondary N) is 1. The molecule has 3 aliphatic heterocycles. The Labute approximate surface area is 328 Å². The largest absolute Gasteiger partial charge is 0.616 e. The third kappa shape index (κ3) is 14.6. The van der Waals surface area contributed by atoms with Gasteiger partial charge < -0.3 is 44.1 Å². The van der Waals surface area contributed by atoms with Crippen LogP contribution < -0.4 is 14.8 Å². The maximum absolute atomic E-state index is 13.0. The van der Waals surface area contributed by atoms with E-state index < -0.39 is 60.3 Å². The van der Waals surface area contributed by atoms with E-state index in [1.807, 2.05) is 30.1 Å². The standard InChI is InChI=1S/C18H34ClN2O8PS.C18H28O3S/c1-5-6-10-7-11(21(3)8-10)17(24)20-12(9(2)19)15-13(22)14(23)16(18(28-15)31-4)29-30(25,26)27;1-3-4-5-6-7-8-11-22(19)15(2)12-16-9-10-17-18(13-16)21-14-20-17/h9-16,18,22-23H,5-8H2,1-4H3,(H,20,24)(H2,25,26,27);9-10,13,15H,3-8,11-12,14H2,1-2H3/t9-,10+,11-,12+,13+,14-,15+,16+,18+;/m0./s1. The van der Waals surface area contributed by atoms with Crippen LogP contribution in [0.15, 0.2) is 18.2 Å². The number of hydrogen-bond acceptors (Lipinski definition) is 11. The van der Waals surface area contributed by atoms with E-state index in [0.717, 1.165) is 67.7 Å². The fourth-order valence-corrected chi connectivity index (χ4v) is 9.92. The highest BCUT2D eigenvalue weighted by Gasteiger charge is 2.51. The molecule has 0 aliphatic carbocycles. The number of aliphatic hydroxyl groups excluding tert-OH is 2. The molecule has 4 rings (SSSR count). The average Bonchev–Trinajstić information content (AvgIpc) is 3.73. The van der Waals surface area contributed by atoms with E-state index in [-0.39, 0.29) is 17.2 Å². The molecule has 17 heteroatoms. The predicted octanol–water partition coefficient (Wildman–Crippen LogP) is 4.96. The quantitative estimate of drug-likeness (QED) is 0.0545. The first-order valence-electron chi connectivity index (χ1n) is 18.8. The Morgan fingerprint density at radius 1 is 1.11 bits per heavy atom. The van der Waals surface area contributed by atoms with Crippen LogP contribution in [0.3, 0.4) is 0 Å². The molecule has 53 heavy (non-hydrogen) atoms. The number of thioether (sulfide) groups is 1. The van der Waals surface area contributed by atoms with E-state index in [1.54, 1.807) is 13.2 Å². The Morgan fingerprint density at radius 3 is 2.43 bits per heavy atom. The van der Waals surface area contributed by atoms with Gasteiger partial charge >= 0.3 is 7.82 Å².